The van der Waals surface area contributed by atoms with Gasteiger partial charge in [-0.05, 0) is 42.5 Å². The Morgan fingerprint density at radius 2 is 1.47 bits per heavy atom. The molecule has 0 spiro atoms. The summed E-state index contributed by atoms with van der Waals surface area (Å²) in [5.74, 6) is 0. The lowest BCUT2D eigenvalue weighted by atomic mass is 10.0. The van der Waals surface area contributed by atoms with Crippen molar-refractivity contribution in [2.75, 3.05) is 0 Å². The molecule has 0 heteroatoms. The lowest BCUT2D eigenvalue weighted by molar-refractivity contribution is 1.22. The van der Waals surface area contributed by atoms with Crippen LogP contribution in [0.1, 0.15) is 22.3 Å². The average molecular weight is 222 g/mol. The van der Waals surface area contributed by atoms with Gasteiger partial charge in [0.15, 0.2) is 0 Å². The molecular weight excluding hydrogens is 204 g/mol. The molecule has 0 amide bonds. The Morgan fingerprint density at radius 1 is 0.824 bits per heavy atom. The third-order valence-corrected chi connectivity index (χ3v) is 3.08. The van der Waals surface area contributed by atoms with Gasteiger partial charge in [-0.2, -0.15) is 0 Å². The summed E-state index contributed by atoms with van der Waals surface area (Å²) < 4.78 is 0. The molecule has 0 bridgehead atoms. The van der Waals surface area contributed by atoms with Gasteiger partial charge in [-0.15, -0.1) is 0 Å². The minimum atomic E-state index is 1.00. The van der Waals surface area contributed by atoms with Gasteiger partial charge in [0, 0.05) is 0 Å². The second-order valence-electron chi connectivity index (χ2n) is 4.39. The molecular formula is C17H18. The Kier molecular flexibility index (Phi) is 3.77. The quantitative estimate of drug-likeness (QED) is 0.714. The fourth-order valence-corrected chi connectivity index (χ4v) is 1.93. The van der Waals surface area contributed by atoms with E-state index in [0.29, 0.717) is 0 Å². The van der Waals surface area contributed by atoms with Gasteiger partial charge < -0.3 is 0 Å². The van der Waals surface area contributed by atoms with Crippen molar-refractivity contribution >= 4 is 6.08 Å². The van der Waals surface area contributed by atoms with Crippen LogP contribution >= 0.6 is 0 Å². The molecule has 0 heterocycles. The summed E-state index contributed by atoms with van der Waals surface area (Å²) in [7, 11) is 0. The third-order valence-electron chi connectivity index (χ3n) is 3.08. The summed E-state index contributed by atoms with van der Waals surface area (Å²) in [6.45, 7) is 4.31. The molecule has 0 saturated carbocycles. The van der Waals surface area contributed by atoms with Crippen molar-refractivity contribution in [2.24, 2.45) is 0 Å². The third kappa shape index (κ3) is 3.07. The van der Waals surface area contributed by atoms with E-state index in [1.807, 2.05) is 0 Å². The Bertz CT molecular complexity index is 521. The molecule has 2 rings (SSSR count). The van der Waals surface area contributed by atoms with Crippen LogP contribution in [0.2, 0.25) is 0 Å². The minimum absolute atomic E-state index is 1.00. The first kappa shape index (κ1) is 11.7. The van der Waals surface area contributed by atoms with Crippen LogP contribution in [-0.2, 0) is 6.42 Å². The standard InChI is InChI=1S/C17H18/c1-14-8-3-5-10-16(14)12-7-13-17-11-6-4-9-15(17)2/h3-12H,13H2,1-2H3/b12-7+. The first-order chi connectivity index (χ1) is 8.27. The van der Waals surface area contributed by atoms with Gasteiger partial charge in [-0.1, -0.05) is 60.7 Å². The van der Waals surface area contributed by atoms with Gasteiger partial charge in [-0.3, -0.25) is 0 Å². The normalized spacial score (nSPS) is 10.9. The smallest absolute Gasteiger partial charge is 0.00915 e. The minimum Gasteiger partial charge on any atom is -0.0795 e. The average Bonchev–Trinajstić information content (AvgIpc) is 2.34. The first-order valence-electron chi connectivity index (χ1n) is 6.04. The molecule has 0 aliphatic heterocycles. The predicted octanol–water partition coefficient (Wildman–Crippen LogP) is 4.56. The molecule has 0 unspecified atom stereocenters. The van der Waals surface area contributed by atoms with Gasteiger partial charge in [0.2, 0.25) is 0 Å². The number of benzene rings is 2. The SMILES string of the molecule is Cc1ccccc1/C=C/Cc1ccccc1C. The van der Waals surface area contributed by atoms with Crippen molar-refractivity contribution in [3.63, 3.8) is 0 Å². The van der Waals surface area contributed by atoms with E-state index < -0.39 is 0 Å². The first-order valence-corrected chi connectivity index (χ1v) is 6.04. The maximum absolute atomic E-state index is 2.24. The highest BCUT2D eigenvalue weighted by Crippen LogP contribution is 2.12. The largest absolute Gasteiger partial charge is 0.0795 e. The van der Waals surface area contributed by atoms with E-state index in [1.54, 1.807) is 0 Å². The lowest BCUT2D eigenvalue weighted by Gasteiger charge is -2.02. The maximum atomic E-state index is 2.24. The van der Waals surface area contributed by atoms with Gasteiger partial charge in [0.25, 0.3) is 0 Å². The molecule has 0 aliphatic rings. The van der Waals surface area contributed by atoms with E-state index in [-0.39, 0.29) is 0 Å². The van der Waals surface area contributed by atoms with E-state index in [0.717, 1.165) is 6.42 Å². The Labute approximate surface area is 104 Å². The van der Waals surface area contributed by atoms with Crippen LogP contribution in [0.25, 0.3) is 6.08 Å². The number of rotatable bonds is 3. The summed E-state index contributed by atoms with van der Waals surface area (Å²) in [6, 6.07) is 17.0. The number of allylic oxidation sites excluding steroid dienone is 1. The molecule has 0 fully saturated rings. The summed E-state index contributed by atoms with van der Waals surface area (Å²) in [5.41, 5.74) is 5.40. The molecule has 17 heavy (non-hydrogen) atoms. The van der Waals surface area contributed by atoms with Gasteiger partial charge in [0.1, 0.15) is 0 Å². The fraction of sp³-hybridized carbons (Fsp3) is 0.176. The van der Waals surface area contributed by atoms with Gasteiger partial charge in [-0.25, -0.2) is 0 Å². The molecule has 0 aromatic heterocycles. The Hall–Kier alpha value is -1.82. The lowest BCUT2D eigenvalue weighted by Crippen LogP contribution is -1.85. The van der Waals surface area contributed by atoms with Gasteiger partial charge >= 0.3 is 0 Å². The van der Waals surface area contributed by atoms with Crippen LogP contribution in [0.15, 0.2) is 54.6 Å². The van der Waals surface area contributed by atoms with Crippen LogP contribution in [0, 0.1) is 13.8 Å². The number of hydrogen-bond donors (Lipinski definition) is 0. The second-order valence-corrected chi connectivity index (χ2v) is 4.39. The Balaban J connectivity index is 2.09. The molecule has 0 atom stereocenters. The highest BCUT2D eigenvalue weighted by Gasteiger charge is 1.94. The van der Waals surface area contributed by atoms with Crippen molar-refractivity contribution in [1.82, 2.24) is 0 Å². The van der Waals surface area contributed by atoms with E-state index in [1.165, 1.54) is 22.3 Å². The molecule has 0 aliphatic carbocycles. The second kappa shape index (κ2) is 5.49. The van der Waals surface area contributed by atoms with Gasteiger partial charge in [0.05, 0.1) is 0 Å². The molecule has 2 aromatic rings. The maximum Gasteiger partial charge on any atom is -0.00915 e. The van der Waals surface area contributed by atoms with Crippen LogP contribution in [0.3, 0.4) is 0 Å². The van der Waals surface area contributed by atoms with E-state index in [4.69, 9.17) is 0 Å². The summed E-state index contributed by atoms with van der Waals surface area (Å²) in [4.78, 5) is 0. The van der Waals surface area contributed by atoms with E-state index >= 15 is 0 Å². The number of aryl methyl sites for hydroxylation is 2. The predicted molar refractivity (Wildman–Crippen MR) is 75.1 cm³/mol. The van der Waals surface area contributed by atoms with Crippen LogP contribution in [0.5, 0.6) is 0 Å². The van der Waals surface area contributed by atoms with E-state index in [9.17, 15) is 0 Å². The van der Waals surface area contributed by atoms with Crippen LogP contribution in [-0.4, -0.2) is 0 Å². The zero-order chi connectivity index (χ0) is 12.1. The van der Waals surface area contributed by atoms with Crippen molar-refractivity contribution in [1.29, 1.82) is 0 Å². The molecule has 0 radical (unpaired) electrons. The van der Waals surface area contributed by atoms with Crippen molar-refractivity contribution in [3.05, 3.63) is 76.9 Å². The topological polar surface area (TPSA) is 0 Å². The monoisotopic (exact) mass is 222 g/mol. The highest BCUT2D eigenvalue weighted by molar-refractivity contribution is 5.53. The zero-order valence-corrected chi connectivity index (χ0v) is 10.5. The summed E-state index contributed by atoms with van der Waals surface area (Å²) in [5, 5.41) is 0. The Morgan fingerprint density at radius 3 is 2.18 bits per heavy atom. The number of hydrogen-bond acceptors (Lipinski definition) is 0. The van der Waals surface area contributed by atoms with Crippen molar-refractivity contribution in [2.45, 2.75) is 20.3 Å². The van der Waals surface area contributed by atoms with Crippen LogP contribution < -0.4 is 0 Å². The van der Waals surface area contributed by atoms with Crippen molar-refractivity contribution in [3.8, 4) is 0 Å². The molecule has 2 aromatic carbocycles. The van der Waals surface area contributed by atoms with E-state index in [2.05, 4.69) is 74.5 Å². The summed E-state index contributed by atoms with van der Waals surface area (Å²) >= 11 is 0. The molecule has 0 N–H and O–H groups in total. The fourth-order valence-electron chi connectivity index (χ4n) is 1.93. The van der Waals surface area contributed by atoms with Crippen molar-refractivity contribution < 1.29 is 0 Å². The summed E-state index contributed by atoms with van der Waals surface area (Å²) in [6.07, 6.45) is 5.45. The highest BCUT2D eigenvalue weighted by atomic mass is 14.0. The molecule has 0 nitrogen and oxygen atoms in total. The molecule has 86 valence electrons. The zero-order valence-electron chi connectivity index (χ0n) is 10.5. The van der Waals surface area contributed by atoms with Crippen LogP contribution in [0.4, 0.5) is 0 Å². The molecule has 0 saturated heterocycles.